The van der Waals surface area contributed by atoms with E-state index in [1.165, 1.54) is 45.4 Å². The lowest BCUT2D eigenvalue weighted by Crippen LogP contribution is -2.61. The Morgan fingerprint density at radius 2 is 2.00 bits per heavy atom. The van der Waals surface area contributed by atoms with Crippen molar-refractivity contribution in [3.63, 3.8) is 0 Å². The molecule has 18 heavy (non-hydrogen) atoms. The van der Waals surface area contributed by atoms with Gasteiger partial charge in [0.1, 0.15) is 0 Å². The van der Waals surface area contributed by atoms with Crippen molar-refractivity contribution in [2.24, 2.45) is 5.92 Å². The van der Waals surface area contributed by atoms with Crippen LogP contribution in [0.15, 0.2) is 0 Å². The number of likely N-dealkylation sites (tertiary alicyclic amines) is 1. The quantitative estimate of drug-likeness (QED) is 0.827. The molecule has 0 bridgehead atoms. The second-order valence-corrected chi connectivity index (χ2v) is 6.54. The summed E-state index contributed by atoms with van der Waals surface area (Å²) in [5.74, 6) is 0.812. The molecule has 0 amide bonds. The minimum absolute atomic E-state index is 0.703. The first kappa shape index (κ1) is 14.3. The number of piperidine rings is 1. The van der Waals surface area contributed by atoms with Crippen LogP contribution in [0.1, 0.15) is 40.0 Å². The third-order valence-corrected chi connectivity index (χ3v) is 4.83. The summed E-state index contributed by atoms with van der Waals surface area (Å²) >= 11 is 0. The molecule has 2 aliphatic rings. The molecule has 0 spiro atoms. The smallest absolute Gasteiger partial charge is 0.0196 e. The minimum Gasteiger partial charge on any atom is -0.311 e. The van der Waals surface area contributed by atoms with Crippen LogP contribution < -0.4 is 5.32 Å². The minimum atomic E-state index is 0.703. The summed E-state index contributed by atoms with van der Waals surface area (Å²) in [4.78, 5) is 5.28. The molecule has 0 radical (unpaired) electrons. The van der Waals surface area contributed by atoms with Gasteiger partial charge in [-0.15, -0.1) is 0 Å². The maximum absolute atomic E-state index is 3.71. The SMILES string of the molecule is CCCC1CN(C2CCN(C)CC2C)C(C)CN1. The van der Waals surface area contributed by atoms with Crippen LogP contribution in [0.25, 0.3) is 0 Å². The van der Waals surface area contributed by atoms with Crippen molar-refractivity contribution in [3.8, 4) is 0 Å². The van der Waals surface area contributed by atoms with Crippen molar-refractivity contribution in [1.29, 1.82) is 0 Å². The topological polar surface area (TPSA) is 18.5 Å². The largest absolute Gasteiger partial charge is 0.311 e. The molecule has 1 N–H and O–H groups in total. The highest BCUT2D eigenvalue weighted by Crippen LogP contribution is 2.25. The van der Waals surface area contributed by atoms with Gasteiger partial charge in [0.15, 0.2) is 0 Å². The number of hydrogen-bond acceptors (Lipinski definition) is 3. The molecule has 0 aromatic carbocycles. The molecule has 2 heterocycles. The Hall–Kier alpha value is -0.120. The predicted molar refractivity (Wildman–Crippen MR) is 77.9 cm³/mol. The maximum atomic E-state index is 3.71. The average Bonchev–Trinajstić information content (AvgIpc) is 2.33. The van der Waals surface area contributed by atoms with Crippen LogP contribution in [0.3, 0.4) is 0 Å². The van der Waals surface area contributed by atoms with Crippen LogP contribution in [0, 0.1) is 5.92 Å². The summed E-state index contributed by atoms with van der Waals surface area (Å²) in [7, 11) is 2.26. The fourth-order valence-electron chi connectivity index (χ4n) is 3.79. The normalized spacial score (nSPS) is 40.0. The number of hydrogen-bond donors (Lipinski definition) is 1. The molecule has 0 saturated carbocycles. The molecule has 2 aliphatic heterocycles. The molecule has 2 fully saturated rings. The van der Waals surface area contributed by atoms with E-state index in [2.05, 4.69) is 42.9 Å². The van der Waals surface area contributed by atoms with E-state index >= 15 is 0 Å². The average molecular weight is 253 g/mol. The third kappa shape index (κ3) is 3.25. The highest BCUT2D eigenvalue weighted by molar-refractivity contribution is 4.92. The van der Waals surface area contributed by atoms with E-state index in [4.69, 9.17) is 0 Å². The first-order chi connectivity index (χ1) is 8.61. The monoisotopic (exact) mass is 253 g/mol. The second kappa shape index (κ2) is 6.36. The van der Waals surface area contributed by atoms with E-state index in [1.807, 2.05) is 0 Å². The van der Waals surface area contributed by atoms with Crippen LogP contribution in [0.2, 0.25) is 0 Å². The van der Waals surface area contributed by atoms with Gasteiger partial charge in [-0.05, 0) is 39.3 Å². The number of piperazine rings is 1. The highest BCUT2D eigenvalue weighted by Gasteiger charge is 2.35. The number of nitrogens with zero attached hydrogens (tertiary/aromatic N) is 2. The molecule has 106 valence electrons. The van der Waals surface area contributed by atoms with Gasteiger partial charge in [0.05, 0.1) is 0 Å². The molecule has 0 aliphatic carbocycles. The van der Waals surface area contributed by atoms with Crippen molar-refractivity contribution in [1.82, 2.24) is 15.1 Å². The molecule has 2 rings (SSSR count). The lowest BCUT2D eigenvalue weighted by atomic mass is 9.90. The number of nitrogens with one attached hydrogen (secondary N) is 1. The lowest BCUT2D eigenvalue weighted by Gasteiger charge is -2.48. The summed E-state index contributed by atoms with van der Waals surface area (Å²) in [6.45, 7) is 12.1. The zero-order chi connectivity index (χ0) is 13.1. The molecule has 3 nitrogen and oxygen atoms in total. The standard InChI is InChI=1S/C15H31N3/c1-5-6-14-11-18(13(3)9-16-14)15-7-8-17(4)10-12(15)2/h12-16H,5-11H2,1-4H3. The Morgan fingerprint density at radius 3 is 2.67 bits per heavy atom. The summed E-state index contributed by atoms with van der Waals surface area (Å²) in [6, 6.07) is 2.23. The van der Waals surface area contributed by atoms with Gasteiger partial charge in [-0.25, -0.2) is 0 Å². The van der Waals surface area contributed by atoms with Gasteiger partial charge in [0.25, 0.3) is 0 Å². The second-order valence-electron chi connectivity index (χ2n) is 6.54. The van der Waals surface area contributed by atoms with Crippen molar-refractivity contribution in [3.05, 3.63) is 0 Å². The molecule has 3 heteroatoms. The zero-order valence-electron chi connectivity index (χ0n) is 12.7. The fourth-order valence-corrected chi connectivity index (χ4v) is 3.79. The van der Waals surface area contributed by atoms with E-state index in [0.29, 0.717) is 6.04 Å². The molecule has 0 aromatic heterocycles. The summed E-state index contributed by atoms with van der Waals surface area (Å²) < 4.78 is 0. The van der Waals surface area contributed by atoms with E-state index < -0.39 is 0 Å². The lowest BCUT2D eigenvalue weighted by molar-refractivity contribution is 0.0222. The van der Waals surface area contributed by atoms with Gasteiger partial charge in [0.2, 0.25) is 0 Å². The third-order valence-electron chi connectivity index (χ3n) is 4.83. The highest BCUT2D eigenvalue weighted by atomic mass is 15.3. The molecular formula is C15H31N3. The number of rotatable bonds is 3. The van der Waals surface area contributed by atoms with Crippen molar-refractivity contribution >= 4 is 0 Å². The predicted octanol–water partition coefficient (Wildman–Crippen LogP) is 1.79. The van der Waals surface area contributed by atoms with Gasteiger partial charge in [-0.3, -0.25) is 4.90 Å². The van der Waals surface area contributed by atoms with Gasteiger partial charge in [-0.2, -0.15) is 0 Å². The van der Waals surface area contributed by atoms with Crippen molar-refractivity contribution in [2.45, 2.75) is 58.2 Å². The maximum Gasteiger partial charge on any atom is 0.0196 e. The van der Waals surface area contributed by atoms with E-state index in [0.717, 1.165) is 18.0 Å². The molecule has 0 aromatic rings. The first-order valence-electron chi connectivity index (χ1n) is 7.79. The Labute approximate surface area is 113 Å². The van der Waals surface area contributed by atoms with Gasteiger partial charge < -0.3 is 10.2 Å². The summed E-state index contributed by atoms with van der Waals surface area (Å²) in [6.07, 6.45) is 3.97. The molecule has 4 unspecified atom stereocenters. The van der Waals surface area contributed by atoms with E-state index in [1.54, 1.807) is 0 Å². The summed E-state index contributed by atoms with van der Waals surface area (Å²) in [5, 5.41) is 3.71. The van der Waals surface area contributed by atoms with Gasteiger partial charge >= 0.3 is 0 Å². The van der Waals surface area contributed by atoms with Crippen LogP contribution >= 0.6 is 0 Å². The Kier molecular flexibility index (Phi) is 5.05. The van der Waals surface area contributed by atoms with Crippen LogP contribution in [0.5, 0.6) is 0 Å². The van der Waals surface area contributed by atoms with Crippen molar-refractivity contribution < 1.29 is 0 Å². The zero-order valence-corrected chi connectivity index (χ0v) is 12.7. The van der Waals surface area contributed by atoms with Gasteiger partial charge in [0, 0.05) is 37.8 Å². The van der Waals surface area contributed by atoms with E-state index in [-0.39, 0.29) is 0 Å². The Morgan fingerprint density at radius 1 is 1.22 bits per heavy atom. The van der Waals surface area contributed by atoms with Crippen molar-refractivity contribution in [2.75, 3.05) is 33.2 Å². The Bertz CT molecular complexity index is 256. The van der Waals surface area contributed by atoms with E-state index in [9.17, 15) is 0 Å². The van der Waals surface area contributed by atoms with Crippen LogP contribution in [-0.2, 0) is 0 Å². The molecule has 4 atom stereocenters. The van der Waals surface area contributed by atoms with Crippen LogP contribution in [0.4, 0.5) is 0 Å². The van der Waals surface area contributed by atoms with Gasteiger partial charge in [-0.1, -0.05) is 20.3 Å². The summed E-state index contributed by atoms with van der Waals surface area (Å²) in [5.41, 5.74) is 0. The molecular weight excluding hydrogens is 222 g/mol. The molecule has 2 saturated heterocycles. The fraction of sp³-hybridized carbons (Fsp3) is 1.00. The Balaban J connectivity index is 1.96. The first-order valence-corrected chi connectivity index (χ1v) is 7.79. The van der Waals surface area contributed by atoms with Crippen LogP contribution in [-0.4, -0.2) is 61.2 Å².